The summed E-state index contributed by atoms with van der Waals surface area (Å²) in [4.78, 5) is 0. The summed E-state index contributed by atoms with van der Waals surface area (Å²) in [7, 11) is -0.676. The lowest BCUT2D eigenvalue weighted by Gasteiger charge is -2.14. The Morgan fingerprint density at radius 3 is 2.43 bits per heavy atom. The molecule has 9 heteroatoms. The summed E-state index contributed by atoms with van der Waals surface area (Å²) in [5.74, 6) is -0.249. The molecular weight excluding hydrogens is 307 g/mol. The van der Waals surface area contributed by atoms with Gasteiger partial charge in [0.05, 0.1) is 22.9 Å². The van der Waals surface area contributed by atoms with Gasteiger partial charge in [-0.3, -0.25) is 0 Å². The third-order valence-electron chi connectivity index (χ3n) is 2.69. The van der Waals surface area contributed by atoms with Crippen LogP contribution >= 0.6 is 0 Å². The van der Waals surface area contributed by atoms with Crippen molar-refractivity contribution in [2.75, 3.05) is 31.7 Å². The van der Waals surface area contributed by atoms with Crippen LogP contribution in [0.25, 0.3) is 0 Å². The van der Waals surface area contributed by atoms with Gasteiger partial charge in [0.25, 0.3) is 0 Å². The molecule has 0 atom stereocenters. The van der Waals surface area contributed by atoms with Crippen LogP contribution in [0.1, 0.15) is 11.1 Å². The van der Waals surface area contributed by atoms with Crippen molar-refractivity contribution < 1.29 is 21.6 Å². The molecule has 0 aromatic heterocycles. The Morgan fingerprint density at radius 2 is 1.95 bits per heavy atom. The van der Waals surface area contributed by atoms with E-state index in [2.05, 4.69) is 5.32 Å². The highest BCUT2D eigenvalue weighted by Crippen LogP contribution is 2.33. The minimum atomic E-state index is -4.64. The Labute approximate surface area is 121 Å². The molecule has 0 saturated heterocycles. The molecule has 1 aromatic carbocycles. The zero-order valence-corrected chi connectivity index (χ0v) is 12.2. The summed E-state index contributed by atoms with van der Waals surface area (Å²) in [5.41, 5.74) is -1.42. The molecule has 0 fully saturated rings. The number of rotatable bonds is 5. The van der Waals surface area contributed by atoms with Crippen molar-refractivity contribution in [2.45, 2.75) is 6.18 Å². The molecule has 0 aliphatic carbocycles. The van der Waals surface area contributed by atoms with Gasteiger partial charge in [-0.05, 0) is 18.2 Å². The molecule has 1 N–H and O–H groups in total. The standard InChI is InChI=1S/C12H14F3N3O2S/c1-18(2)21(19,20)6-5-17-10-4-3-9(8-16)11(7-10)12(13,14)15/h3-4,7,17H,5-6H2,1-2H3. The molecule has 0 unspecified atom stereocenters. The van der Waals surface area contributed by atoms with E-state index in [1.54, 1.807) is 0 Å². The SMILES string of the molecule is CN(C)S(=O)(=O)CCNc1ccc(C#N)c(C(F)(F)F)c1. The summed E-state index contributed by atoms with van der Waals surface area (Å²) >= 11 is 0. The Kier molecular flexibility index (Phi) is 5.20. The van der Waals surface area contributed by atoms with Crippen LogP contribution in [-0.4, -0.2) is 39.1 Å². The number of anilines is 1. The molecule has 5 nitrogen and oxygen atoms in total. The summed E-state index contributed by atoms with van der Waals surface area (Å²) < 4.78 is 62.3. The Hall–Kier alpha value is -1.79. The Morgan fingerprint density at radius 1 is 1.33 bits per heavy atom. The Bertz CT molecular complexity index is 649. The maximum absolute atomic E-state index is 12.8. The van der Waals surface area contributed by atoms with Gasteiger partial charge < -0.3 is 5.32 Å². The van der Waals surface area contributed by atoms with E-state index in [4.69, 9.17) is 5.26 Å². The van der Waals surface area contributed by atoms with Crippen LogP contribution < -0.4 is 5.32 Å². The van der Waals surface area contributed by atoms with E-state index in [-0.39, 0.29) is 18.0 Å². The predicted octanol–water partition coefficient (Wildman–Crippen LogP) is 1.88. The van der Waals surface area contributed by atoms with Crippen LogP contribution in [0.15, 0.2) is 18.2 Å². The van der Waals surface area contributed by atoms with Crippen molar-refractivity contribution in [3.63, 3.8) is 0 Å². The average Bonchev–Trinajstić information content (AvgIpc) is 2.37. The van der Waals surface area contributed by atoms with Crippen LogP contribution in [0.4, 0.5) is 18.9 Å². The third kappa shape index (κ3) is 4.61. The van der Waals surface area contributed by atoms with E-state index in [0.717, 1.165) is 16.4 Å². The van der Waals surface area contributed by atoms with Gasteiger partial charge in [-0.25, -0.2) is 12.7 Å². The summed E-state index contributed by atoms with van der Waals surface area (Å²) in [5, 5.41) is 11.3. The highest BCUT2D eigenvalue weighted by atomic mass is 32.2. The molecule has 0 aliphatic rings. The maximum Gasteiger partial charge on any atom is 0.417 e. The summed E-state index contributed by atoms with van der Waals surface area (Å²) in [6.07, 6.45) is -4.64. The average molecular weight is 321 g/mol. The first-order chi connectivity index (χ1) is 9.58. The second kappa shape index (κ2) is 6.32. The number of hydrogen-bond donors (Lipinski definition) is 1. The topological polar surface area (TPSA) is 73.2 Å². The van der Waals surface area contributed by atoms with Crippen molar-refractivity contribution in [3.05, 3.63) is 29.3 Å². The zero-order valence-electron chi connectivity index (χ0n) is 11.4. The lowest BCUT2D eigenvalue weighted by Crippen LogP contribution is -2.28. The minimum Gasteiger partial charge on any atom is -0.384 e. The van der Waals surface area contributed by atoms with Gasteiger partial charge >= 0.3 is 6.18 Å². The van der Waals surface area contributed by atoms with Gasteiger partial charge in [-0.1, -0.05) is 0 Å². The Balaban J connectivity index is 2.86. The monoisotopic (exact) mass is 321 g/mol. The first kappa shape index (κ1) is 17.3. The highest BCUT2D eigenvalue weighted by molar-refractivity contribution is 7.89. The molecule has 0 spiro atoms. The van der Waals surface area contributed by atoms with Gasteiger partial charge in [0.1, 0.15) is 0 Å². The third-order valence-corrected chi connectivity index (χ3v) is 4.52. The molecule has 0 heterocycles. The number of nitrogens with one attached hydrogen (secondary N) is 1. The molecule has 0 saturated carbocycles. The van der Waals surface area contributed by atoms with Crippen LogP contribution in [-0.2, 0) is 16.2 Å². The van der Waals surface area contributed by atoms with Gasteiger partial charge in [0.2, 0.25) is 10.0 Å². The first-order valence-electron chi connectivity index (χ1n) is 5.83. The number of nitriles is 1. The molecule has 0 bridgehead atoms. The zero-order chi connectivity index (χ0) is 16.3. The van der Waals surface area contributed by atoms with Crippen molar-refractivity contribution in [1.29, 1.82) is 5.26 Å². The maximum atomic E-state index is 12.8. The number of halogens is 3. The molecule has 116 valence electrons. The molecule has 21 heavy (non-hydrogen) atoms. The van der Waals surface area contributed by atoms with E-state index in [1.165, 1.54) is 26.2 Å². The molecule has 0 radical (unpaired) electrons. The first-order valence-corrected chi connectivity index (χ1v) is 7.44. The van der Waals surface area contributed by atoms with E-state index in [9.17, 15) is 21.6 Å². The molecular formula is C12H14F3N3O2S. The fourth-order valence-electron chi connectivity index (χ4n) is 1.49. The van der Waals surface area contributed by atoms with Crippen LogP contribution in [0.3, 0.4) is 0 Å². The molecule has 1 aromatic rings. The number of sulfonamides is 1. The van der Waals surface area contributed by atoms with E-state index >= 15 is 0 Å². The minimum absolute atomic E-state index is 0.0380. The predicted molar refractivity (Wildman–Crippen MR) is 72.1 cm³/mol. The number of alkyl halides is 3. The quantitative estimate of drug-likeness (QED) is 0.899. The van der Waals surface area contributed by atoms with Crippen LogP contribution in [0.5, 0.6) is 0 Å². The number of benzene rings is 1. The normalized spacial score (nSPS) is 12.2. The lowest BCUT2D eigenvalue weighted by molar-refractivity contribution is -0.137. The number of nitrogens with zero attached hydrogens (tertiary/aromatic N) is 2. The second-order valence-electron chi connectivity index (χ2n) is 4.40. The fourth-order valence-corrected chi connectivity index (χ4v) is 2.22. The van der Waals surface area contributed by atoms with E-state index in [1.807, 2.05) is 0 Å². The summed E-state index contributed by atoms with van der Waals surface area (Å²) in [6, 6.07) is 4.62. The van der Waals surface area contributed by atoms with Gasteiger partial charge in [0, 0.05) is 26.3 Å². The van der Waals surface area contributed by atoms with Crippen molar-refractivity contribution in [1.82, 2.24) is 4.31 Å². The van der Waals surface area contributed by atoms with Gasteiger partial charge in [-0.15, -0.1) is 0 Å². The van der Waals surface area contributed by atoms with Crippen molar-refractivity contribution in [3.8, 4) is 6.07 Å². The number of hydrogen-bond acceptors (Lipinski definition) is 4. The smallest absolute Gasteiger partial charge is 0.384 e. The van der Waals surface area contributed by atoms with Gasteiger partial charge in [0.15, 0.2) is 0 Å². The molecule has 0 aliphatic heterocycles. The van der Waals surface area contributed by atoms with E-state index < -0.39 is 27.3 Å². The van der Waals surface area contributed by atoms with Crippen molar-refractivity contribution >= 4 is 15.7 Å². The fraction of sp³-hybridized carbons (Fsp3) is 0.417. The van der Waals surface area contributed by atoms with Crippen LogP contribution in [0.2, 0.25) is 0 Å². The highest BCUT2D eigenvalue weighted by Gasteiger charge is 2.33. The molecule has 1 rings (SSSR count). The van der Waals surface area contributed by atoms with Gasteiger partial charge in [-0.2, -0.15) is 18.4 Å². The van der Waals surface area contributed by atoms with Crippen LogP contribution in [0, 0.1) is 11.3 Å². The lowest BCUT2D eigenvalue weighted by atomic mass is 10.1. The molecule has 0 amide bonds. The summed E-state index contributed by atoms with van der Waals surface area (Å²) in [6.45, 7) is -0.0380. The van der Waals surface area contributed by atoms with Crippen molar-refractivity contribution in [2.24, 2.45) is 0 Å². The largest absolute Gasteiger partial charge is 0.417 e. The van der Waals surface area contributed by atoms with E-state index in [0.29, 0.717) is 0 Å². The second-order valence-corrected chi connectivity index (χ2v) is 6.70.